The van der Waals surface area contributed by atoms with Crippen molar-refractivity contribution in [3.63, 3.8) is 0 Å². The number of rotatable bonds is 2. The summed E-state index contributed by atoms with van der Waals surface area (Å²) in [5.74, 6) is -1.19. The fraction of sp³-hybridized carbons (Fsp3) is 0. The lowest BCUT2D eigenvalue weighted by Crippen LogP contribution is -1.92. The number of pyridine rings is 1. The maximum atomic E-state index is 13.2. The summed E-state index contributed by atoms with van der Waals surface area (Å²) in [6, 6.07) is 8.49. The zero-order valence-corrected chi connectivity index (χ0v) is 10.3. The van der Waals surface area contributed by atoms with E-state index in [4.69, 9.17) is 10.5 Å². The van der Waals surface area contributed by atoms with Crippen LogP contribution in [0.15, 0.2) is 48.8 Å². The van der Waals surface area contributed by atoms with Crippen molar-refractivity contribution in [2.24, 2.45) is 0 Å². The zero-order chi connectivity index (χ0) is 14.1. The Morgan fingerprint density at radius 1 is 0.950 bits per heavy atom. The number of nitrogens with two attached hydrogens (primary N) is 1. The molecular formula is C15H10F2N2O. The molecule has 3 aromatic rings. The number of nitrogens with zero attached hydrogens (tertiary/aromatic N) is 1. The summed E-state index contributed by atoms with van der Waals surface area (Å²) < 4.78 is 31.6. The Bertz CT molecular complexity index is 790. The third-order valence-electron chi connectivity index (χ3n) is 2.93. The van der Waals surface area contributed by atoms with E-state index in [1.165, 1.54) is 6.07 Å². The van der Waals surface area contributed by atoms with Gasteiger partial charge in [0.1, 0.15) is 11.5 Å². The number of fused-ring (bicyclic) bond motifs is 1. The Morgan fingerprint density at radius 2 is 1.80 bits per heavy atom. The second kappa shape index (κ2) is 4.77. The van der Waals surface area contributed by atoms with Gasteiger partial charge in [0.25, 0.3) is 0 Å². The summed E-state index contributed by atoms with van der Waals surface area (Å²) in [4.78, 5) is 4.02. The lowest BCUT2D eigenvalue weighted by molar-refractivity contribution is 0.465. The van der Waals surface area contributed by atoms with Crippen molar-refractivity contribution in [1.29, 1.82) is 0 Å². The minimum Gasteiger partial charge on any atom is -0.457 e. The van der Waals surface area contributed by atoms with Crippen LogP contribution in [-0.2, 0) is 0 Å². The third kappa shape index (κ3) is 2.14. The smallest absolute Gasteiger partial charge is 0.162 e. The Labute approximate surface area is 113 Å². The van der Waals surface area contributed by atoms with Crippen LogP contribution in [0.5, 0.6) is 11.5 Å². The van der Waals surface area contributed by atoms with Gasteiger partial charge in [0, 0.05) is 34.9 Å². The van der Waals surface area contributed by atoms with Gasteiger partial charge in [-0.05, 0) is 30.3 Å². The van der Waals surface area contributed by atoms with Crippen LogP contribution in [0.2, 0.25) is 0 Å². The molecule has 2 aromatic carbocycles. The SMILES string of the molecule is Nc1ccc(Oc2ccc(F)c(F)c2)c2cnccc12. The van der Waals surface area contributed by atoms with E-state index >= 15 is 0 Å². The van der Waals surface area contributed by atoms with E-state index in [2.05, 4.69) is 4.98 Å². The monoisotopic (exact) mass is 272 g/mol. The summed E-state index contributed by atoms with van der Waals surface area (Å²) >= 11 is 0. The van der Waals surface area contributed by atoms with Crippen molar-refractivity contribution in [2.75, 3.05) is 5.73 Å². The van der Waals surface area contributed by atoms with Crippen molar-refractivity contribution in [2.45, 2.75) is 0 Å². The molecule has 1 heterocycles. The molecule has 0 atom stereocenters. The van der Waals surface area contributed by atoms with Crippen LogP contribution in [0.25, 0.3) is 10.8 Å². The molecule has 3 nitrogen and oxygen atoms in total. The van der Waals surface area contributed by atoms with Gasteiger partial charge >= 0.3 is 0 Å². The molecule has 0 spiro atoms. The van der Waals surface area contributed by atoms with Gasteiger partial charge in [-0.25, -0.2) is 8.78 Å². The van der Waals surface area contributed by atoms with Gasteiger partial charge in [-0.3, -0.25) is 4.98 Å². The summed E-state index contributed by atoms with van der Waals surface area (Å²) in [5, 5.41) is 1.50. The number of hydrogen-bond donors (Lipinski definition) is 1. The van der Waals surface area contributed by atoms with Crippen LogP contribution in [-0.4, -0.2) is 4.98 Å². The largest absolute Gasteiger partial charge is 0.457 e. The summed E-state index contributed by atoms with van der Waals surface area (Å²) in [6.07, 6.45) is 3.24. The highest BCUT2D eigenvalue weighted by molar-refractivity contribution is 5.96. The molecular weight excluding hydrogens is 262 g/mol. The first-order valence-corrected chi connectivity index (χ1v) is 5.90. The number of halogens is 2. The van der Waals surface area contributed by atoms with Gasteiger partial charge in [-0.1, -0.05) is 0 Å². The molecule has 3 rings (SSSR count). The highest BCUT2D eigenvalue weighted by Crippen LogP contribution is 2.32. The highest BCUT2D eigenvalue weighted by atomic mass is 19.2. The van der Waals surface area contributed by atoms with E-state index in [1.807, 2.05) is 0 Å². The molecule has 0 aliphatic heterocycles. The molecule has 0 aliphatic rings. The lowest BCUT2D eigenvalue weighted by Gasteiger charge is -2.10. The molecule has 100 valence electrons. The Morgan fingerprint density at radius 3 is 2.60 bits per heavy atom. The molecule has 0 aliphatic carbocycles. The zero-order valence-electron chi connectivity index (χ0n) is 10.3. The normalized spacial score (nSPS) is 10.7. The average Bonchev–Trinajstić information content (AvgIpc) is 2.46. The summed E-state index contributed by atoms with van der Waals surface area (Å²) in [5.41, 5.74) is 6.47. The predicted molar refractivity (Wildman–Crippen MR) is 72.6 cm³/mol. The van der Waals surface area contributed by atoms with E-state index in [9.17, 15) is 8.78 Å². The molecule has 0 fully saturated rings. The van der Waals surface area contributed by atoms with Crippen molar-refractivity contribution in [1.82, 2.24) is 4.98 Å². The predicted octanol–water partition coefficient (Wildman–Crippen LogP) is 3.89. The van der Waals surface area contributed by atoms with Gasteiger partial charge in [-0.15, -0.1) is 0 Å². The Balaban J connectivity index is 2.06. The van der Waals surface area contributed by atoms with Crippen molar-refractivity contribution in [3.8, 4) is 11.5 Å². The number of aromatic nitrogens is 1. The molecule has 0 bridgehead atoms. The van der Waals surface area contributed by atoms with Crippen LogP contribution in [0, 0.1) is 11.6 Å². The van der Waals surface area contributed by atoms with E-state index in [-0.39, 0.29) is 5.75 Å². The van der Waals surface area contributed by atoms with E-state index in [1.54, 1.807) is 30.6 Å². The molecule has 5 heteroatoms. The first-order valence-electron chi connectivity index (χ1n) is 5.90. The maximum Gasteiger partial charge on any atom is 0.162 e. The minimum absolute atomic E-state index is 0.207. The molecule has 0 saturated heterocycles. The quantitative estimate of drug-likeness (QED) is 0.720. The second-order valence-electron chi connectivity index (χ2n) is 4.25. The maximum absolute atomic E-state index is 13.2. The Hall–Kier alpha value is -2.69. The molecule has 1 aromatic heterocycles. The van der Waals surface area contributed by atoms with Gasteiger partial charge in [-0.2, -0.15) is 0 Å². The average molecular weight is 272 g/mol. The first-order chi connectivity index (χ1) is 9.65. The van der Waals surface area contributed by atoms with E-state index in [0.29, 0.717) is 16.8 Å². The van der Waals surface area contributed by atoms with Gasteiger partial charge in [0.2, 0.25) is 0 Å². The summed E-state index contributed by atoms with van der Waals surface area (Å²) in [7, 11) is 0. The number of ether oxygens (including phenoxy) is 1. The van der Waals surface area contributed by atoms with Crippen molar-refractivity contribution >= 4 is 16.5 Å². The molecule has 20 heavy (non-hydrogen) atoms. The molecule has 2 N–H and O–H groups in total. The Kier molecular flexibility index (Phi) is 2.95. The fourth-order valence-electron chi connectivity index (χ4n) is 1.94. The lowest BCUT2D eigenvalue weighted by atomic mass is 10.1. The van der Waals surface area contributed by atoms with Crippen molar-refractivity contribution in [3.05, 3.63) is 60.4 Å². The minimum atomic E-state index is -0.958. The third-order valence-corrected chi connectivity index (χ3v) is 2.93. The molecule has 0 amide bonds. The van der Waals surface area contributed by atoms with E-state index < -0.39 is 11.6 Å². The number of hydrogen-bond acceptors (Lipinski definition) is 3. The number of benzene rings is 2. The van der Waals surface area contributed by atoms with Gasteiger partial charge in [0.15, 0.2) is 11.6 Å². The highest BCUT2D eigenvalue weighted by Gasteiger charge is 2.08. The van der Waals surface area contributed by atoms with Crippen LogP contribution in [0.1, 0.15) is 0 Å². The standard InChI is InChI=1S/C15H10F2N2O/c16-12-2-1-9(7-13(12)17)20-15-4-3-14(18)10-5-6-19-8-11(10)15/h1-8H,18H2. The first kappa shape index (κ1) is 12.3. The fourth-order valence-corrected chi connectivity index (χ4v) is 1.94. The van der Waals surface area contributed by atoms with Gasteiger partial charge < -0.3 is 10.5 Å². The van der Waals surface area contributed by atoms with E-state index in [0.717, 1.165) is 17.5 Å². The van der Waals surface area contributed by atoms with Gasteiger partial charge in [0.05, 0.1) is 0 Å². The van der Waals surface area contributed by atoms with Crippen LogP contribution in [0.3, 0.4) is 0 Å². The topological polar surface area (TPSA) is 48.1 Å². The molecule has 0 radical (unpaired) electrons. The number of anilines is 1. The molecule has 0 saturated carbocycles. The van der Waals surface area contributed by atoms with Crippen molar-refractivity contribution < 1.29 is 13.5 Å². The van der Waals surface area contributed by atoms with Crippen LogP contribution >= 0.6 is 0 Å². The van der Waals surface area contributed by atoms with Crippen LogP contribution in [0.4, 0.5) is 14.5 Å². The summed E-state index contributed by atoms with van der Waals surface area (Å²) in [6.45, 7) is 0. The van der Waals surface area contributed by atoms with Crippen LogP contribution < -0.4 is 10.5 Å². The number of nitrogen functional groups attached to an aromatic ring is 1. The molecule has 0 unspecified atom stereocenters. The second-order valence-corrected chi connectivity index (χ2v) is 4.25.